The molecule has 3 amide bonds. The third kappa shape index (κ3) is 8.20. The van der Waals surface area contributed by atoms with Crippen molar-refractivity contribution in [3.63, 3.8) is 0 Å². The molecule has 0 radical (unpaired) electrons. The largest absolute Gasteiger partial charge is 0.416 e. The maximum atomic E-state index is 13.2. The summed E-state index contributed by atoms with van der Waals surface area (Å²) in [4.78, 5) is 28.6. The van der Waals surface area contributed by atoms with Gasteiger partial charge in [0.1, 0.15) is 6.54 Å². The molecule has 1 aromatic heterocycles. The average Bonchev–Trinajstić information content (AvgIpc) is 3.15. The summed E-state index contributed by atoms with van der Waals surface area (Å²) < 4.78 is 80.8. The lowest BCUT2D eigenvalue weighted by Gasteiger charge is -2.29. The van der Waals surface area contributed by atoms with Gasteiger partial charge in [0, 0.05) is 37.7 Å². The van der Waals surface area contributed by atoms with E-state index in [1.807, 2.05) is 43.8 Å². The Morgan fingerprint density at radius 1 is 1.00 bits per heavy atom. The van der Waals surface area contributed by atoms with E-state index in [9.17, 15) is 35.9 Å². The standard InChI is InChI=1S/C24H30F6N4O2/c1-5-8-33(15-21(35)34(13-16(2)3)14-20-7-6-9-32(20)4)22(36)31-19-11-17(23(25,26)27)10-18(12-19)24(28,29)30/h6-7,9-12,16H,5,8,13-15H2,1-4H3,(H,31,36). The molecule has 200 valence electrons. The molecule has 6 nitrogen and oxygen atoms in total. The van der Waals surface area contributed by atoms with Gasteiger partial charge in [-0.05, 0) is 42.7 Å². The Bertz CT molecular complexity index is 1010. The van der Waals surface area contributed by atoms with E-state index in [-0.39, 0.29) is 31.6 Å². The van der Waals surface area contributed by atoms with Crippen molar-refractivity contribution in [2.75, 3.05) is 25.0 Å². The number of carbonyl (C=O) groups is 2. The first-order valence-corrected chi connectivity index (χ1v) is 11.3. The number of halogens is 6. The van der Waals surface area contributed by atoms with Gasteiger partial charge >= 0.3 is 18.4 Å². The number of nitrogens with one attached hydrogen (secondary N) is 1. The number of benzene rings is 1. The predicted octanol–water partition coefficient (Wildman–Crippen LogP) is 5.99. The first-order valence-electron chi connectivity index (χ1n) is 11.3. The van der Waals surface area contributed by atoms with Crippen molar-refractivity contribution in [2.45, 2.75) is 46.1 Å². The first kappa shape index (κ1) is 29.1. The van der Waals surface area contributed by atoms with Crippen LogP contribution in [0.25, 0.3) is 0 Å². The lowest BCUT2D eigenvalue weighted by molar-refractivity contribution is -0.143. The summed E-state index contributed by atoms with van der Waals surface area (Å²) >= 11 is 0. The molecule has 0 aliphatic carbocycles. The van der Waals surface area contributed by atoms with Gasteiger partial charge in [-0.25, -0.2) is 4.79 Å². The third-order valence-corrected chi connectivity index (χ3v) is 5.29. The molecule has 0 atom stereocenters. The molecule has 12 heteroatoms. The summed E-state index contributed by atoms with van der Waals surface area (Å²) in [7, 11) is 1.83. The van der Waals surface area contributed by atoms with E-state index in [4.69, 9.17) is 0 Å². The highest BCUT2D eigenvalue weighted by atomic mass is 19.4. The summed E-state index contributed by atoms with van der Waals surface area (Å²) in [6, 6.07) is 3.55. The second kappa shape index (κ2) is 11.7. The molecule has 0 saturated heterocycles. The van der Waals surface area contributed by atoms with Gasteiger partial charge in [-0.3, -0.25) is 4.79 Å². The highest BCUT2D eigenvalue weighted by Gasteiger charge is 2.37. The second-order valence-electron chi connectivity index (χ2n) is 8.92. The number of hydrogen-bond acceptors (Lipinski definition) is 2. The van der Waals surface area contributed by atoms with Crippen molar-refractivity contribution < 1.29 is 35.9 Å². The molecular weight excluding hydrogens is 490 g/mol. The lowest BCUT2D eigenvalue weighted by Crippen LogP contribution is -2.45. The van der Waals surface area contributed by atoms with E-state index in [1.54, 1.807) is 11.8 Å². The zero-order valence-electron chi connectivity index (χ0n) is 20.5. The van der Waals surface area contributed by atoms with Crippen LogP contribution in [0.1, 0.15) is 44.0 Å². The van der Waals surface area contributed by atoms with Crippen LogP contribution in [0, 0.1) is 5.92 Å². The van der Waals surface area contributed by atoms with Gasteiger partial charge in [-0.15, -0.1) is 0 Å². The Balaban J connectivity index is 2.26. The summed E-state index contributed by atoms with van der Waals surface area (Å²) in [5, 5.41) is 2.10. The Morgan fingerprint density at radius 3 is 2.03 bits per heavy atom. The van der Waals surface area contributed by atoms with Crippen molar-refractivity contribution in [3.05, 3.63) is 53.3 Å². The minimum absolute atomic E-state index is 0.0175. The van der Waals surface area contributed by atoms with E-state index in [2.05, 4.69) is 5.32 Å². The molecule has 0 fully saturated rings. The van der Waals surface area contributed by atoms with E-state index in [0.29, 0.717) is 25.1 Å². The van der Waals surface area contributed by atoms with Gasteiger partial charge < -0.3 is 19.7 Å². The van der Waals surface area contributed by atoms with E-state index in [1.165, 1.54) is 0 Å². The van der Waals surface area contributed by atoms with Crippen LogP contribution >= 0.6 is 0 Å². The molecule has 0 spiro atoms. The highest BCUT2D eigenvalue weighted by Crippen LogP contribution is 2.37. The molecule has 0 aliphatic rings. The Kier molecular flexibility index (Phi) is 9.44. The van der Waals surface area contributed by atoms with E-state index < -0.39 is 41.1 Å². The highest BCUT2D eigenvalue weighted by molar-refractivity contribution is 5.92. The number of carbonyl (C=O) groups excluding carboxylic acids is 2. The summed E-state index contributed by atoms with van der Waals surface area (Å²) in [5.41, 5.74) is -2.90. The fraction of sp³-hybridized carbons (Fsp3) is 0.500. The number of aromatic nitrogens is 1. The Hall–Kier alpha value is -3.18. The van der Waals surface area contributed by atoms with Gasteiger partial charge in [0.15, 0.2) is 0 Å². The topological polar surface area (TPSA) is 57.6 Å². The molecule has 0 saturated carbocycles. The number of alkyl halides is 6. The van der Waals surface area contributed by atoms with Gasteiger partial charge in [-0.1, -0.05) is 20.8 Å². The predicted molar refractivity (Wildman–Crippen MR) is 123 cm³/mol. The number of rotatable bonds is 9. The van der Waals surface area contributed by atoms with Crippen LogP contribution in [0.2, 0.25) is 0 Å². The summed E-state index contributed by atoms with van der Waals surface area (Å²) in [6.45, 7) is 5.94. The fourth-order valence-corrected chi connectivity index (χ4v) is 3.57. The van der Waals surface area contributed by atoms with Crippen molar-refractivity contribution in [1.29, 1.82) is 0 Å². The smallest absolute Gasteiger partial charge is 0.353 e. The molecule has 1 N–H and O–H groups in total. The SMILES string of the molecule is CCCN(CC(=O)N(Cc1cccn1C)CC(C)C)C(=O)Nc1cc(C(F)(F)F)cc(C(F)(F)F)c1. The van der Waals surface area contributed by atoms with E-state index in [0.717, 1.165) is 10.6 Å². The van der Waals surface area contributed by atoms with Gasteiger partial charge in [0.05, 0.1) is 17.7 Å². The number of urea groups is 1. The van der Waals surface area contributed by atoms with Crippen molar-refractivity contribution in [2.24, 2.45) is 13.0 Å². The van der Waals surface area contributed by atoms with E-state index >= 15 is 0 Å². The number of nitrogens with zero attached hydrogens (tertiary/aromatic N) is 3. The molecule has 0 unspecified atom stereocenters. The third-order valence-electron chi connectivity index (χ3n) is 5.29. The minimum atomic E-state index is -5.05. The minimum Gasteiger partial charge on any atom is -0.353 e. The monoisotopic (exact) mass is 520 g/mol. The normalized spacial score (nSPS) is 12.1. The quantitative estimate of drug-likeness (QED) is 0.413. The van der Waals surface area contributed by atoms with Crippen molar-refractivity contribution >= 4 is 17.6 Å². The van der Waals surface area contributed by atoms with Crippen LogP contribution in [-0.4, -0.2) is 45.9 Å². The molecule has 1 aromatic carbocycles. The van der Waals surface area contributed by atoms with Crippen LogP contribution in [0.5, 0.6) is 0 Å². The number of amides is 3. The van der Waals surface area contributed by atoms with Crippen LogP contribution in [0.15, 0.2) is 36.5 Å². The molecule has 0 bridgehead atoms. The maximum Gasteiger partial charge on any atom is 0.416 e. The lowest BCUT2D eigenvalue weighted by atomic mass is 10.1. The zero-order chi connectivity index (χ0) is 27.3. The van der Waals surface area contributed by atoms with Crippen LogP contribution < -0.4 is 5.32 Å². The van der Waals surface area contributed by atoms with Gasteiger partial charge in [0.25, 0.3) is 0 Å². The maximum absolute atomic E-state index is 13.2. The second-order valence-corrected chi connectivity index (χ2v) is 8.92. The molecule has 36 heavy (non-hydrogen) atoms. The zero-order valence-corrected chi connectivity index (χ0v) is 20.5. The average molecular weight is 521 g/mol. The van der Waals surface area contributed by atoms with Gasteiger partial charge in [-0.2, -0.15) is 26.3 Å². The number of aryl methyl sites for hydroxylation is 1. The van der Waals surface area contributed by atoms with Crippen LogP contribution in [0.4, 0.5) is 36.8 Å². The summed E-state index contributed by atoms with van der Waals surface area (Å²) in [5.74, 6) is -0.276. The number of hydrogen-bond donors (Lipinski definition) is 1. The number of anilines is 1. The fourth-order valence-electron chi connectivity index (χ4n) is 3.57. The van der Waals surface area contributed by atoms with Crippen molar-refractivity contribution in [3.8, 4) is 0 Å². The van der Waals surface area contributed by atoms with Crippen LogP contribution in [-0.2, 0) is 30.7 Å². The molecule has 2 aromatic rings. The molecule has 2 rings (SSSR count). The first-order chi connectivity index (χ1) is 16.6. The van der Waals surface area contributed by atoms with Gasteiger partial charge in [0.2, 0.25) is 5.91 Å². The molecule has 1 heterocycles. The molecular formula is C24H30F6N4O2. The Labute approximate surface area is 205 Å². The summed E-state index contributed by atoms with van der Waals surface area (Å²) in [6.07, 6.45) is -7.85. The molecule has 0 aliphatic heterocycles. The van der Waals surface area contributed by atoms with Crippen LogP contribution in [0.3, 0.4) is 0 Å². The Morgan fingerprint density at radius 2 is 1.58 bits per heavy atom. The van der Waals surface area contributed by atoms with Crippen molar-refractivity contribution in [1.82, 2.24) is 14.4 Å².